The Balaban J connectivity index is 1.13. The molecule has 12 heteroatoms. The molecule has 6 heterocycles. The van der Waals surface area contributed by atoms with Crippen molar-refractivity contribution in [3.63, 3.8) is 0 Å². The number of amides is 2. The van der Waals surface area contributed by atoms with Crippen LogP contribution in [0.4, 0.5) is 11.4 Å². The predicted octanol–water partition coefficient (Wildman–Crippen LogP) is 3.67. The smallest absolute Gasteiger partial charge is 0.260 e. The van der Waals surface area contributed by atoms with Gasteiger partial charge in [-0.15, -0.1) is 11.3 Å². The van der Waals surface area contributed by atoms with E-state index in [9.17, 15) is 9.59 Å². The number of carbonyl (C=O) groups is 2. The van der Waals surface area contributed by atoms with Crippen LogP contribution < -0.4 is 10.6 Å². The molecule has 0 atom stereocenters. The van der Waals surface area contributed by atoms with Gasteiger partial charge in [-0.1, -0.05) is 0 Å². The maximum Gasteiger partial charge on any atom is 0.260 e. The second-order valence-corrected chi connectivity index (χ2v) is 11.4. The summed E-state index contributed by atoms with van der Waals surface area (Å²) in [7, 11) is 1.66. The van der Waals surface area contributed by atoms with Crippen LogP contribution in [0.3, 0.4) is 0 Å². The Bertz CT molecular complexity index is 1500. The maximum atomic E-state index is 13.3. The number of nitrogens with one attached hydrogen (secondary N) is 2. The molecule has 39 heavy (non-hydrogen) atoms. The fourth-order valence-electron chi connectivity index (χ4n) is 5.54. The molecule has 4 aromatic rings. The van der Waals surface area contributed by atoms with Crippen molar-refractivity contribution in [2.24, 2.45) is 5.92 Å². The highest BCUT2D eigenvalue weighted by Crippen LogP contribution is 2.34. The zero-order valence-corrected chi connectivity index (χ0v) is 22.9. The van der Waals surface area contributed by atoms with E-state index in [2.05, 4.69) is 30.7 Å². The summed E-state index contributed by atoms with van der Waals surface area (Å²) >= 11 is 1.47. The molecular weight excluding hydrogens is 516 g/mol. The first-order chi connectivity index (χ1) is 19.0. The highest BCUT2D eigenvalue weighted by molar-refractivity contribution is 7.21. The summed E-state index contributed by atoms with van der Waals surface area (Å²) in [4.78, 5) is 34.5. The number of aryl methyl sites for hydroxylation is 1. The van der Waals surface area contributed by atoms with Crippen molar-refractivity contribution in [3.8, 4) is 10.4 Å². The molecule has 1 aliphatic carbocycles. The van der Waals surface area contributed by atoms with Crippen molar-refractivity contribution in [1.29, 1.82) is 0 Å². The Labute approximate surface area is 230 Å². The number of methoxy groups -OCH3 is 1. The van der Waals surface area contributed by atoms with E-state index in [-0.39, 0.29) is 11.8 Å². The van der Waals surface area contributed by atoms with Gasteiger partial charge >= 0.3 is 0 Å². The molecule has 3 aliphatic rings. The van der Waals surface area contributed by atoms with Crippen molar-refractivity contribution < 1.29 is 14.3 Å². The molecule has 204 valence electrons. The summed E-state index contributed by atoms with van der Waals surface area (Å²) in [6.45, 7) is 4.46. The van der Waals surface area contributed by atoms with Gasteiger partial charge in [0.1, 0.15) is 4.83 Å². The fraction of sp³-hybridized carbons (Fsp3) is 0.444. The lowest BCUT2D eigenvalue weighted by Crippen LogP contribution is -2.50. The van der Waals surface area contributed by atoms with Gasteiger partial charge in [0.05, 0.1) is 65.8 Å². The number of carbonyl (C=O) groups excluding carboxylic acids is 2. The average molecular weight is 549 g/mol. The number of ether oxygens (including phenoxy) is 1. The van der Waals surface area contributed by atoms with Gasteiger partial charge < -0.3 is 15.4 Å². The van der Waals surface area contributed by atoms with E-state index in [4.69, 9.17) is 4.74 Å². The zero-order valence-electron chi connectivity index (χ0n) is 22.1. The Morgan fingerprint density at radius 3 is 2.72 bits per heavy atom. The predicted molar refractivity (Wildman–Crippen MR) is 149 cm³/mol. The number of hydrogen-bond acceptors (Lipinski definition) is 8. The molecule has 2 amide bonds. The summed E-state index contributed by atoms with van der Waals surface area (Å²) in [5, 5.41) is 14.7. The van der Waals surface area contributed by atoms with Crippen molar-refractivity contribution >= 4 is 39.4 Å². The third-order valence-electron chi connectivity index (χ3n) is 7.67. The van der Waals surface area contributed by atoms with Gasteiger partial charge in [0, 0.05) is 37.7 Å². The third kappa shape index (κ3) is 5.45. The number of hydrogen-bond donors (Lipinski definition) is 2. The molecule has 2 bridgehead atoms. The summed E-state index contributed by atoms with van der Waals surface area (Å²) < 4.78 is 8.65. The van der Waals surface area contributed by atoms with Crippen LogP contribution in [0, 0.1) is 12.8 Å². The highest BCUT2D eigenvalue weighted by Gasteiger charge is 2.34. The van der Waals surface area contributed by atoms with E-state index < -0.39 is 0 Å². The molecule has 7 rings (SSSR count). The van der Waals surface area contributed by atoms with Crippen molar-refractivity contribution in [3.05, 3.63) is 48.3 Å². The van der Waals surface area contributed by atoms with Gasteiger partial charge in [-0.3, -0.25) is 24.2 Å². The van der Waals surface area contributed by atoms with E-state index in [1.165, 1.54) is 37.0 Å². The molecule has 0 spiro atoms. The van der Waals surface area contributed by atoms with Gasteiger partial charge in [0.2, 0.25) is 5.91 Å². The molecular formula is C27H32N8O3S. The second-order valence-electron chi connectivity index (χ2n) is 10.4. The largest absolute Gasteiger partial charge is 0.383 e. The number of piperidine rings is 2. The lowest BCUT2D eigenvalue weighted by Gasteiger charge is -2.44. The molecule has 4 aromatic heterocycles. The molecule has 2 saturated heterocycles. The van der Waals surface area contributed by atoms with Crippen LogP contribution in [0.1, 0.15) is 41.7 Å². The lowest BCUT2D eigenvalue weighted by molar-refractivity contribution is -0.119. The molecule has 0 aromatic carbocycles. The van der Waals surface area contributed by atoms with Crippen LogP contribution in [0.2, 0.25) is 0 Å². The molecule has 3 fully saturated rings. The maximum absolute atomic E-state index is 13.3. The zero-order chi connectivity index (χ0) is 26.9. The SMILES string of the molecule is COCCn1cc(-c2cn3ncc(C(=O)Nc4cc(NC(=O)CN5CC6CCC5CC6)cnc4C)c3s2)cn1. The quantitative estimate of drug-likeness (QED) is 0.328. The molecule has 1 saturated carbocycles. The number of pyridine rings is 1. The van der Waals surface area contributed by atoms with E-state index in [0.29, 0.717) is 48.4 Å². The Kier molecular flexibility index (Phi) is 7.15. The van der Waals surface area contributed by atoms with E-state index in [1.54, 1.807) is 36.3 Å². The number of anilines is 2. The summed E-state index contributed by atoms with van der Waals surface area (Å²) in [6.07, 6.45) is 13.8. The first kappa shape index (κ1) is 25.7. The van der Waals surface area contributed by atoms with Crippen LogP contribution >= 0.6 is 11.3 Å². The monoisotopic (exact) mass is 548 g/mol. The van der Waals surface area contributed by atoms with Crippen LogP contribution in [0.25, 0.3) is 15.3 Å². The van der Waals surface area contributed by atoms with Gasteiger partial charge in [-0.2, -0.15) is 10.2 Å². The first-order valence-electron chi connectivity index (χ1n) is 13.3. The minimum absolute atomic E-state index is 0.0551. The fourth-order valence-corrected chi connectivity index (χ4v) is 6.58. The number of fused-ring (bicyclic) bond motifs is 4. The van der Waals surface area contributed by atoms with E-state index in [1.807, 2.05) is 24.0 Å². The first-order valence-corrected chi connectivity index (χ1v) is 14.1. The molecule has 11 nitrogen and oxygen atoms in total. The third-order valence-corrected chi connectivity index (χ3v) is 8.84. The van der Waals surface area contributed by atoms with Crippen LogP contribution in [0.5, 0.6) is 0 Å². The minimum Gasteiger partial charge on any atom is -0.383 e. The number of rotatable bonds is 9. The summed E-state index contributed by atoms with van der Waals surface area (Å²) in [6, 6.07) is 2.28. The van der Waals surface area contributed by atoms with E-state index in [0.717, 1.165) is 27.7 Å². The van der Waals surface area contributed by atoms with Crippen LogP contribution in [0.15, 0.2) is 37.1 Å². The molecule has 0 radical (unpaired) electrons. The van der Waals surface area contributed by atoms with Gasteiger partial charge in [0.15, 0.2) is 0 Å². The summed E-state index contributed by atoms with van der Waals surface area (Å²) in [5.74, 6) is 0.381. The summed E-state index contributed by atoms with van der Waals surface area (Å²) in [5.41, 5.74) is 3.19. The average Bonchev–Trinajstić information content (AvgIpc) is 3.66. The Morgan fingerprint density at radius 1 is 1.10 bits per heavy atom. The van der Waals surface area contributed by atoms with E-state index >= 15 is 0 Å². The number of nitrogens with zero attached hydrogens (tertiary/aromatic N) is 6. The normalized spacial score (nSPS) is 19.0. The molecule has 2 aliphatic heterocycles. The lowest BCUT2D eigenvalue weighted by atomic mass is 9.80. The number of thiazole rings is 1. The second kappa shape index (κ2) is 10.9. The Hall–Kier alpha value is -3.61. The van der Waals surface area contributed by atoms with Gasteiger partial charge in [0.25, 0.3) is 5.91 Å². The standard InChI is InChI=1S/C27H32N8O3S/c1-17-23(9-20(11-28-17)31-25(36)16-33-13-18-3-5-21(33)6-4-18)32-26(37)22-12-30-35-15-24(39-27(22)35)19-10-29-34(14-19)7-8-38-2/h9-12,14-15,18,21H,3-8,13,16H2,1-2H3,(H,31,36)(H,32,37). The molecule has 2 N–H and O–H groups in total. The van der Waals surface area contributed by atoms with Crippen LogP contribution in [-0.4, -0.2) is 73.9 Å². The molecule has 0 unspecified atom stereocenters. The van der Waals surface area contributed by atoms with Crippen molar-refractivity contribution in [2.75, 3.05) is 37.4 Å². The van der Waals surface area contributed by atoms with Crippen molar-refractivity contribution in [1.82, 2.24) is 29.3 Å². The van der Waals surface area contributed by atoms with Crippen LogP contribution in [-0.2, 0) is 16.1 Å². The minimum atomic E-state index is -0.285. The number of aromatic nitrogens is 5. The topological polar surface area (TPSA) is 119 Å². The van der Waals surface area contributed by atoms with Gasteiger partial charge in [-0.05, 0) is 44.6 Å². The highest BCUT2D eigenvalue weighted by atomic mass is 32.1. The van der Waals surface area contributed by atoms with Crippen molar-refractivity contribution in [2.45, 2.75) is 45.2 Å². The Morgan fingerprint density at radius 2 is 1.95 bits per heavy atom. The van der Waals surface area contributed by atoms with Gasteiger partial charge in [-0.25, -0.2) is 4.52 Å².